The molecule has 0 bridgehead atoms. The Hall–Kier alpha value is -3.64. The molecular weight excluding hydrogens is 402 g/mol. The maximum Gasteiger partial charge on any atom is 0.235 e. The number of carbonyl (C=O) groups is 1. The van der Waals surface area contributed by atoms with Crippen molar-refractivity contribution in [3.05, 3.63) is 77.4 Å². The molecule has 3 aromatic carbocycles. The first-order valence-corrected chi connectivity index (χ1v) is 10.8. The first kappa shape index (κ1) is 19.1. The van der Waals surface area contributed by atoms with Crippen molar-refractivity contribution in [1.82, 2.24) is 10.2 Å². The minimum absolute atomic E-state index is 0.0665. The van der Waals surface area contributed by atoms with Crippen molar-refractivity contribution in [2.75, 3.05) is 19.0 Å². The molecule has 32 heavy (non-hydrogen) atoms. The van der Waals surface area contributed by atoms with Crippen LogP contribution in [0.1, 0.15) is 29.0 Å². The molecule has 1 aromatic heterocycles. The summed E-state index contributed by atoms with van der Waals surface area (Å²) >= 11 is 0. The number of aliphatic hydroxyl groups is 1. The Morgan fingerprint density at radius 1 is 1.16 bits per heavy atom. The van der Waals surface area contributed by atoms with Crippen LogP contribution in [0.5, 0.6) is 5.75 Å². The second-order valence-electron chi connectivity index (χ2n) is 8.64. The van der Waals surface area contributed by atoms with Gasteiger partial charge in [-0.1, -0.05) is 30.3 Å². The highest BCUT2D eigenvalue weighted by atomic mass is 16.5. The quantitative estimate of drug-likeness (QED) is 0.448. The van der Waals surface area contributed by atoms with Crippen molar-refractivity contribution in [1.29, 1.82) is 0 Å². The van der Waals surface area contributed by atoms with Crippen LogP contribution in [-0.2, 0) is 16.6 Å². The average Bonchev–Trinajstić information content (AvgIpc) is 3.34. The summed E-state index contributed by atoms with van der Waals surface area (Å²) in [4.78, 5) is 12.9. The van der Waals surface area contributed by atoms with Crippen molar-refractivity contribution in [3.8, 4) is 17.0 Å². The van der Waals surface area contributed by atoms with Crippen LogP contribution >= 0.6 is 0 Å². The van der Waals surface area contributed by atoms with Gasteiger partial charge in [-0.15, -0.1) is 0 Å². The number of aromatic amines is 1. The normalized spacial score (nSPS) is 21.1. The van der Waals surface area contributed by atoms with Crippen LogP contribution < -0.4 is 10.1 Å². The summed E-state index contributed by atoms with van der Waals surface area (Å²) in [7, 11) is 1.65. The third kappa shape index (κ3) is 2.69. The molecule has 2 heterocycles. The van der Waals surface area contributed by atoms with Crippen LogP contribution in [0, 0.1) is 0 Å². The molecule has 1 amide bonds. The first-order chi connectivity index (χ1) is 15.6. The van der Waals surface area contributed by atoms with Gasteiger partial charge in [-0.25, -0.2) is 0 Å². The van der Waals surface area contributed by atoms with Gasteiger partial charge in [0.15, 0.2) is 0 Å². The number of carbonyl (C=O) groups excluding carboxylic acids is 1. The number of rotatable bonds is 5. The van der Waals surface area contributed by atoms with Crippen LogP contribution in [0.25, 0.3) is 22.2 Å². The summed E-state index contributed by atoms with van der Waals surface area (Å²) in [6, 6.07) is 20.2. The first-order valence-electron chi connectivity index (χ1n) is 10.8. The maximum absolute atomic E-state index is 12.9. The Morgan fingerprint density at radius 3 is 2.91 bits per heavy atom. The van der Waals surface area contributed by atoms with E-state index < -0.39 is 5.41 Å². The van der Waals surface area contributed by atoms with E-state index in [2.05, 4.69) is 39.8 Å². The summed E-state index contributed by atoms with van der Waals surface area (Å²) in [6.45, 7) is 0.125. The van der Waals surface area contributed by atoms with Gasteiger partial charge in [0, 0.05) is 29.2 Å². The van der Waals surface area contributed by atoms with E-state index in [1.807, 2.05) is 36.4 Å². The molecule has 0 radical (unpaired) electrons. The number of amides is 1. The van der Waals surface area contributed by atoms with E-state index in [0.29, 0.717) is 6.42 Å². The second-order valence-corrected chi connectivity index (χ2v) is 8.64. The number of aromatic nitrogens is 2. The van der Waals surface area contributed by atoms with Gasteiger partial charge in [0.2, 0.25) is 5.91 Å². The van der Waals surface area contributed by atoms with Gasteiger partial charge in [0.1, 0.15) is 5.75 Å². The number of methoxy groups -OCH3 is 1. The van der Waals surface area contributed by atoms with E-state index in [1.165, 1.54) is 0 Å². The predicted molar refractivity (Wildman–Crippen MR) is 123 cm³/mol. The van der Waals surface area contributed by atoms with Gasteiger partial charge in [-0.05, 0) is 59.9 Å². The molecule has 0 unspecified atom stereocenters. The van der Waals surface area contributed by atoms with Crippen LogP contribution in [0.2, 0.25) is 0 Å². The fourth-order valence-electron chi connectivity index (χ4n) is 5.18. The van der Waals surface area contributed by atoms with E-state index >= 15 is 0 Å². The highest BCUT2D eigenvalue weighted by Crippen LogP contribution is 2.65. The van der Waals surface area contributed by atoms with Crippen LogP contribution in [0.15, 0.2) is 60.7 Å². The summed E-state index contributed by atoms with van der Waals surface area (Å²) in [5.74, 6) is 0.958. The minimum Gasteiger partial charge on any atom is -0.497 e. The zero-order valence-corrected chi connectivity index (χ0v) is 17.7. The van der Waals surface area contributed by atoms with Crippen LogP contribution in [0.4, 0.5) is 5.69 Å². The van der Waals surface area contributed by atoms with Crippen molar-refractivity contribution < 1.29 is 14.6 Å². The number of nitrogens with one attached hydrogen (secondary N) is 2. The highest BCUT2D eigenvalue weighted by Gasteiger charge is 2.65. The molecule has 1 fully saturated rings. The molecular formula is C26H23N3O3. The SMILES string of the molecule is COc1ccc2c(c1)[C@]1(C[C@H]1c1ccc3c(-c4cccc(CCO)c4)n[nH]c3c1)C(=O)N2. The topological polar surface area (TPSA) is 87.2 Å². The van der Waals surface area contributed by atoms with E-state index in [4.69, 9.17) is 4.74 Å². The molecule has 4 aromatic rings. The predicted octanol–water partition coefficient (Wildman–Crippen LogP) is 4.15. The molecule has 1 saturated carbocycles. The number of anilines is 1. The summed E-state index contributed by atoms with van der Waals surface area (Å²) in [6.07, 6.45) is 1.41. The zero-order chi connectivity index (χ0) is 21.9. The van der Waals surface area contributed by atoms with Crippen molar-refractivity contribution >= 4 is 22.5 Å². The zero-order valence-electron chi connectivity index (χ0n) is 17.7. The fraction of sp³-hybridized carbons (Fsp3) is 0.231. The molecule has 6 rings (SSSR count). The van der Waals surface area contributed by atoms with Gasteiger partial charge in [-0.2, -0.15) is 5.10 Å². The molecule has 6 nitrogen and oxygen atoms in total. The molecule has 2 atom stereocenters. The Balaban J connectivity index is 1.36. The van der Waals surface area contributed by atoms with Gasteiger partial charge in [-0.3, -0.25) is 9.89 Å². The maximum atomic E-state index is 12.9. The Kier molecular flexibility index (Phi) is 4.13. The van der Waals surface area contributed by atoms with E-state index in [1.54, 1.807) is 7.11 Å². The van der Waals surface area contributed by atoms with Crippen LogP contribution in [-0.4, -0.2) is 34.9 Å². The minimum atomic E-state index is -0.515. The van der Waals surface area contributed by atoms with Crippen LogP contribution in [0.3, 0.4) is 0 Å². The molecule has 6 heteroatoms. The number of benzene rings is 3. The lowest BCUT2D eigenvalue weighted by Crippen LogP contribution is -2.21. The smallest absolute Gasteiger partial charge is 0.235 e. The number of aliphatic hydroxyl groups excluding tert-OH is 1. The lowest BCUT2D eigenvalue weighted by molar-refractivity contribution is -0.118. The Bertz CT molecular complexity index is 1380. The monoisotopic (exact) mass is 425 g/mol. The lowest BCUT2D eigenvalue weighted by Gasteiger charge is -2.10. The number of ether oxygens (including phenoxy) is 1. The Morgan fingerprint density at radius 2 is 2.06 bits per heavy atom. The Labute approximate surface area is 185 Å². The van der Waals surface area contributed by atoms with E-state index in [-0.39, 0.29) is 18.4 Å². The number of fused-ring (bicyclic) bond motifs is 3. The van der Waals surface area contributed by atoms with Gasteiger partial charge in [0.05, 0.1) is 23.7 Å². The second kappa shape index (κ2) is 6.93. The lowest BCUT2D eigenvalue weighted by atomic mass is 9.91. The number of nitrogens with zero attached hydrogens (tertiary/aromatic N) is 1. The van der Waals surface area contributed by atoms with Gasteiger partial charge >= 0.3 is 0 Å². The number of hydrogen-bond acceptors (Lipinski definition) is 4. The number of hydrogen-bond donors (Lipinski definition) is 3. The van der Waals surface area contributed by atoms with E-state index in [0.717, 1.165) is 56.7 Å². The molecule has 2 aliphatic rings. The van der Waals surface area contributed by atoms with Gasteiger partial charge < -0.3 is 15.2 Å². The molecule has 0 saturated heterocycles. The largest absolute Gasteiger partial charge is 0.497 e. The third-order valence-corrected chi connectivity index (χ3v) is 6.91. The fourth-order valence-corrected chi connectivity index (χ4v) is 5.18. The van der Waals surface area contributed by atoms with Gasteiger partial charge in [0.25, 0.3) is 0 Å². The third-order valence-electron chi connectivity index (χ3n) is 6.91. The molecule has 1 aliphatic heterocycles. The van der Waals surface area contributed by atoms with Crippen molar-refractivity contribution in [2.45, 2.75) is 24.2 Å². The average molecular weight is 425 g/mol. The molecule has 3 N–H and O–H groups in total. The number of H-pyrrole nitrogens is 1. The summed E-state index contributed by atoms with van der Waals surface area (Å²) in [5, 5.41) is 21.1. The molecule has 1 aliphatic carbocycles. The molecule has 1 spiro atoms. The molecule has 160 valence electrons. The highest BCUT2D eigenvalue weighted by molar-refractivity contribution is 6.10. The van der Waals surface area contributed by atoms with Crippen molar-refractivity contribution in [3.63, 3.8) is 0 Å². The summed E-state index contributed by atoms with van der Waals surface area (Å²) in [5.41, 5.74) is 6.48. The van der Waals surface area contributed by atoms with E-state index in [9.17, 15) is 9.90 Å². The standard InChI is InChI=1S/C26H23N3O3/c1-32-18-6-8-22-20(13-18)26(25(31)27-22)14-21(26)16-5-7-19-23(12-16)28-29-24(19)17-4-2-3-15(11-17)9-10-30/h2-8,11-13,21,30H,9-10,14H2,1H3,(H,27,31)(H,28,29)/t21-,26-/m0/s1. The van der Waals surface area contributed by atoms with Crippen molar-refractivity contribution in [2.24, 2.45) is 0 Å². The summed E-state index contributed by atoms with van der Waals surface area (Å²) < 4.78 is 5.40.